The number of H-pyrrole nitrogens is 1. The molecule has 1 amide bonds. The molecule has 0 radical (unpaired) electrons. The maximum atomic E-state index is 12.5. The Bertz CT molecular complexity index is 1630. The van der Waals surface area contributed by atoms with E-state index in [1.807, 2.05) is 12.3 Å². The Morgan fingerprint density at radius 3 is 2.66 bits per heavy atom. The summed E-state index contributed by atoms with van der Waals surface area (Å²) in [4.78, 5) is 32.0. The molecule has 0 spiro atoms. The van der Waals surface area contributed by atoms with Crippen molar-refractivity contribution in [2.75, 3.05) is 53.9 Å². The molecule has 0 bridgehead atoms. The lowest BCUT2D eigenvalue weighted by molar-refractivity contribution is 0.0827. The summed E-state index contributed by atoms with van der Waals surface area (Å²) in [6.07, 6.45) is 7.25. The molecule has 0 saturated carbocycles. The summed E-state index contributed by atoms with van der Waals surface area (Å²) in [7, 11) is 5.09. The van der Waals surface area contributed by atoms with Crippen molar-refractivity contribution in [3.05, 3.63) is 65.0 Å². The summed E-state index contributed by atoms with van der Waals surface area (Å²) in [5.74, 6) is 0.685. The number of rotatable bonds is 7. The van der Waals surface area contributed by atoms with E-state index in [4.69, 9.17) is 9.72 Å². The number of nitrogens with zero attached hydrogens (tertiary/aromatic N) is 6. The maximum Gasteiger partial charge on any atom is 0.254 e. The second-order valence-corrected chi connectivity index (χ2v) is 11.1. The SMILES string of the molecule is COc1cc(-c2cnc3[nH]cc(-c4ccc(C(=O)N(C)C)c(C#N)c4)c3n2)cc2c1CN(CCN1CCCC1)CC2. The van der Waals surface area contributed by atoms with Gasteiger partial charge in [-0.05, 0) is 67.7 Å². The Kier molecular flexibility index (Phi) is 7.43. The topological polar surface area (TPSA) is 101 Å². The van der Waals surface area contributed by atoms with Gasteiger partial charge in [0.05, 0.1) is 36.2 Å². The van der Waals surface area contributed by atoms with Crippen LogP contribution in [0.15, 0.2) is 42.7 Å². The lowest BCUT2D eigenvalue weighted by atomic mass is 9.95. The highest BCUT2D eigenvalue weighted by Gasteiger charge is 2.23. The molecule has 1 N–H and O–H groups in total. The third kappa shape index (κ3) is 5.29. The first kappa shape index (κ1) is 26.9. The Morgan fingerprint density at radius 2 is 1.90 bits per heavy atom. The number of fused-ring (bicyclic) bond motifs is 2. The maximum absolute atomic E-state index is 12.5. The number of hydrogen-bond acceptors (Lipinski definition) is 7. The summed E-state index contributed by atoms with van der Waals surface area (Å²) in [5.41, 5.74) is 7.99. The molecule has 6 rings (SSSR count). The zero-order valence-corrected chi connectivity index (χ0v) is 23.9. The third-order valence-electron chi connectivity index (χ3n) is 8.30. The molecule has 0 aliphatic carbocycles. The van der Waals surface area contributed by atoms with Crippen LogP contribution in [0, 0.1) is 11.3 Å². The molecule has 4 heterocycles. The number of nitrogens with one attached hydrogen (secondary N) is 1. The second kappa shape index (κ2) is 11.3. The van der Waals surface area contributed by atoms with E-state index in [1.165, 1.54) is 42.0 Å². The smallest absolute Gasteiger partial charge is 0.254 e. The van der Waals surface area contributed by atoms with Crippen LogP contribution in [0.4, 0.5) is 0 Å². The van der Waals surface area contributed by atoms with Gasteiger partial charge in [0.1, 0.15) is 11.3 Å². The van der Waals surface area contributed by atoms with Gasteiger partial charge in [-0.2, -0.15) is 5.26 Å². The molecule has 41 heavy (non-hydrogen) atoms. The fraction of sp³-hybridized carbons (Fsp3) is 0.375. The van der Waals surface area contributed by atoms with E-state index in [0.29, 0.717) is 22.3 Å². The van der Waals surface area contributed by atoms with Crippen LogP contribution in [0.1, 0.15) is 39.9 Å². The van der Waals surface area contributed by atoms with Crippen molar-refractivity contribution in [3.8, 4) is 34.2 Å². The first-order chi connectivity index (χ1) is 19.9. The van der Waals surface area contributed by atoms with Crippen LogP contribution in [0.5, 0.6) is 5.75 Å². The molecule has 9 heteroatoms. The van der Waals surface area contributed by atoms with Crippen molar-refractivity contribution in [2.45, 2.75) is 25.8 Å². The van der Waals surface area contributed by atoms with Gasteiger partial charge in [0.15, 0.2) is 5.65 Å². The summed E-state index contributed by atoms with van der Waals surface area (Å²) >= 11 is 0. The number of carbonyl (C=O) groups is 1. The van der Waals surface area contributed by atoms with E-state index in [0.717, 1.165) is 60.7 Å². The van der Waals surface area contributed by atoms with Crippen LogP contribution in [-0.2, 0) is 13.0 Å². The predicted octanol–water partition coefficient (Wildman–Crippen LogP) is 4.33. The number of ether oxygens (including phenoxy) is 1. The number of aromatic nitrogens is 3. The fourth-order valence-corrected chi connectivity index (χ4v) is 5.98. The van der Waals surface area contributed by atoms with Crippen molar-refractivity contribution in [1.29, 1.82) is 5.26 Å². The van der Waals surface area contributed by atoms with Crippen LogP contribution in [0.2, 0.25) is 0 Å². The minimum Gasteiger partial charge on any atom is -0.496 e. The highest BCUT2D eigenvalue weighted by atomic mass is 16.5. The third-order valence-corrected chi connectivity index (χ3v) is 8.30. The number of hydrogen-bond donors (Lipinski definition) is 1. The van der Waals surface area contributed by atoms with E-state index in [-0.39, 0.29) is 5.91 Å². The Morgan fingerprint density at radius 1 is 1.10 bits per heavy atom. The Hall–Kier alpha value is -4.26. The van der Waals surface area contributed by atoms with Gasteiger partial charge in [0.25, 0.3) is 5.91 Å². The number of amides is 1. The molecule has 2 aromatic heterocycles. The molecule has 1 fully saturated rings. The molecule has 2 aromatic carbocycles. The molecular formula is C32H35N7O2. The van der Waals surface area contributed by atoms with E-state index < -0.39 is 0 Å². The molecule has 1 saturated heterocycles. The minimum atomic E-state index is -0.204. The van der Waals surface area contributed by atoms with Gasteiger partial charge in [0, 0.05) is 63.2 Å². The van der Waals surface area contributed by atoms with Crippen molar-refractivity contribution in [2.24, 2.45) is 0 Å². The summed E-state index contributed by atoms with van der Waals surface area (Å²) in [5, 5.41) is 9.75. The zero-order chi connectivity index (χ0) is 28.5. The number of carbonyl (C=O) groups excluding carboxylic acids is 1. The van der Waals surface area contributed by atoms with Crippen molar-refractivity contribution in [1.82, 2.24) is 29.7 Å². The van der Waals surface area contributed by atoms with Gasteiger partial charge in [0.2, 0.25) is 0 Å². The van der Waals surface area contributed by atoms with E-state index in [1.54, 1.807) is 39.5 Å². The van der Waals surface area contributed by atoms with Gasteiger partial charge in [-0.1, -0.05) is 6.07 Å². The highest BCUT2D eigenvalue weighted by Crippen LogP contribution is 2.35. The molecule has 0 unspecified atom stereocenters. The largest absolute Gasteiger partial charge is 0.496 e. The predicted molar refractivity (Wildman–Crippen MR) is 159 cm³/mol. The first-order valence-electron chi connectivity index (χ1n) is 14.2. The molecular weight excluding hydrogens is 514 g/mol. The molecule has 2 aliphatic heterocycles. The van der Waals surface area contributed by atoms with Gasteiger partial charge >= 0.3 is 0 Å². The van der Waals surface area contributed by atoms with Gasteiger partial charge in [-0.3, -0.25) is 9.69 Å². The molecule has 210 valence electrons. The summed E-state index contributed by atoms with van der Waals surface area (Å²) < 4.78 is 5.89. The van der Waals surface area contributed by atoms with Gasteiger partial charge < -0.3 is 19.5 Å². The number of nitriles is 1. The highest BCUT2D eigenvalue weighted by molar-refractivity contribution is 5.98. The standard InChI is InChI=1S/C32H35N7O2/c1-37(2)32(40)25-7-6-21(15-24(25)17-33)26-18-34-31-30(26)36-28(19-35-31)23-14-22-8-11-39(13-12-38-9-4-5-10-38)20-27(22)29(16-23)41-3/h6-7,14-16,18-19H,4-5,8-13,20H2,1-3H3,(H,34,35). The zero-order valence-electron chi connectivity index (χ0n) is 23.9. The van der Waals surface area contributed by atoms with Gasteiger partial charge in [-0.15, -0.1) is 0 Å². The molecule has 2 aliphatic rings. The van der Waals surface area contributed by atoms with Crippen LogP contribution < -0.4 is 4.74 Å². The molecule has 0 atom stereocenters. The van der Waals surface area contributed by atoms with Crippen LogP contribution >= 0.6 is 0 Å². The van der Waals surface area contributed by atoms with E-state index in [2.05, 4.69) is 38.0 Å². The van der Waals surface area contributed by atoms with Gasteiger partial charge in [-0.25, -0.2) is 9.97 Å². The fourth-order valence-electron chi connectivity index (χ4n) is 5.98. The summed E-state index contributed by atoms with van der Waals surface area (Å²) in [6.45, 7) is 6.61. The van der Waals surface area contributed by atoms with Crippen molar-refractivity contribution in [3.63, 3.8) is 0 Å². The van der Waals surface area contributed by atoms with Crippen LogP contribution in [-0.4, -0.2) is 89.5 Å². The van der Waals surface area contributed by atoms with E-state index >= 15 is 0 Å². The molecule has 9 nitrogen and oxygen atoms in total. The minimum absolute atomic E-state index is 0.204. The van der Waals surface area contributed by atoms with Crippen LogP contribution in [0.3, 0.4) is 0 Å². The lowest BCUT2D eigenvalue weighted by Crippen LogP contribution is -2.37. The summed E-state index contributed by atoms with van der Waals surface area (Å²) in [6, 6.07) is 11.8. The average Bonchev–Trinajstić information content (AvgIpc) is 3.68. The Balaban J connectivity index is 1.30. The molecule has 4 aromatic rings. The second-order valence-electron chi connectivity index (χ2n) is 11.1. The average molecular weight is 550 g/mol. The van der Waals surface area contributed by atoms with E-state index in [9.17, 15) is 10.1 Å². The number of likely N-dealkylation sites (tertiary alicyclic amines) is 1. The lowest BCUT2D eigenvalue weighted by Gasteiger charge is -2.31. The number of aromatic amines is 1. The normalized spacial score (nSPS) is 15.6. The van der Waals surface area contributed by atoms with Crippen LogP contribution in [0.25, 0.3) is 33.5 Å². The Labute approximate surface area is 240 Å². The van der Waals surface area contributed by atoms with Crippen molar-refractivity contribution >= 4 is 17.1 Å². The first-order valence-corrected chi connectivity index (χ1v) is 14.2. The quantitative estimate of drug-likeness (QED) is 0.366. The van der Waals surface area contributed by atoms with Crippen molar-refractivity contribution < 1.29 is 9.53 Å². The monoisotopic (exact) mass is 549 g/mol. The number of benzene rings is 2. The number of methoxy groups -OCH3 is 1.